The molecule has 0 bridgehead atoms. The highest BCUT2D eigenvalue weighted by Gasteiger charge is 2.04. The van der Waals surface area contributed by atoms with Gasteiger partial charge >= 0.3 is 0 Å². The fraction of sp³-hybridized carbons (Fsp3) is 0. The van der Waals surface area contributed by atoms with Crippen LogP contribution in [-0.4, -0.2) is 15.2 Å². The Morgan fingerprint density at radius 2 is 2.27 bits per heavy atom. The first-order valence-corrected chi connectivity index (χ1v) is 5.51. The Kier molecular flexibility index (Phi) is 2.14. The molecule has 2 aromatic heterocycles. The number of thiazole rings is 1. The van der Waals surface area contributed by atoms with Gasteiger partial charge in [0.25, 0.3) is 0 Å². The highest BCUT2D eigenvalue weighted by molar-refractivity contribution is 14.1. The van der Waals surface area contributed by atoms with Crippen LogP contribution in [0.2, 0.25) is 0 Å². The molecule has 0 unspecified atom stereocenters. The molecule has 0 fully saturated rings. The highest BCUT2D eigenvalue weighted by atomic mass is 127. The zero-order valence-electron chi connectivity index (χ0n) is 5.19. The minimum absolute atomic E-state index is 0.955. The molecule has 6 heteroatoms. The second-order valence-corrected chi connectivity index (χ2v) is 5.34. The van der Waals surface area contributed by atoms with Crippen LogP contribution in [0.1, 0.15) is 0 Å². The predicted molar refractivity (Wildman–Crippen MR) is 53.7 cm³/mol. The van der Waals surface area contributed by atoms with E-state index in [1.54, 1.807) is 34.4 Å². The minimum atomic E-state index is 0.955. The molecule has 0 aliphatic carbocycles. The van der Waals surface area contributed by atoms with Gasteiger partial charge in [0.2, 0.25) is 0 Å². The van der Waals surface area contributed by atoms with Gasteiger partial charge in [-0.05, 0) is 22.6 Å². The third-order valence-electron chi connectivity index (χ3n) is 1.04. The van der Waals surface area contributed by atoms with Crippen LogP contribution in [0.4, 0.5) is 0 Å². The Morgan fingerprint density at radius 3 is 2.82 bits per heavy atom. The molecular formula is C5H2IN3S2. The van der Waals surface area contributed by atoms with Crippen molar-refractivity contribution in [2.45, 2.75) is 0 Å². The van der Waals surface area contributed by atoms with Crippen LogP contribution in [0.15, 0.2) is 11.7 Å². The Labute approximate surface area is 84.7 Å². The van der Waals surface area contributed by atoms with Crippen LogP contribution in [0, 0.1) is 3.01 Å². The molecule has 0 radical (unpaired) electrons. The van der Waals surface area contributed by atoms with Crippen LogP contribution < -0.4 is 0 Å². The number of halogens is 1. The van der Waals surface area contributed by atoms with Crippen molar-refractivity contribution < 1.29 is 0 Å². The Hall–Kier alpha value is -0.0800. The second-order valence-electron chi connectivity index (χ2n) is 1.73. The lowest BCUT2D eigenvalue weighted by atomic mass is 10.6. The van der Waals surface area contributed by atoms with Crippen molar-refractivity contribution >= 4 is 45.3 Å². The van der Waals surface area contributed by atoms with Gasteiger partial charge in [-0.1, -0.05) is 11.3 Å². The van der Waals surface area contributed by atoms with Gasteiger partial charge in [0.05, 0.1) is 10.4 Å². The molecule has 0 amide bonds. The summed E-state index contributed by atoms with van der Waals surface area (Å²) in [6.45, 7) is 0. The quantitative estimate of drug-likeness (QED) is 0.758. The zero-order valence-corrected chi connectivity index (χ0v) is 8.98. The molecule has 0 N–H and O–H groups in total. The summed E-state index contributed by atoms with van der Waals surface area (Å²) in [4.78, 5) is 5.05. The van der Waals surface area contributed by atoms with E-state index in [1.165, 1.54) is 0 Å². The molecule has 0 aromatic carbocycles. The monoisotopic (exact) mass is 295 g/mol. The largest absolute Gasteiger partial charge is 0.252 e. The van der Waals surface area contributed by atoms with Gasteiger partial charge in [-0.25, -0.2) is 0 Å². The van der Waals surface area contributed by atoms with Crippen LogP contribution in [-0.2, 0) is 0 Å². The third-order valence-corrected chi connectivity index (χ3v) is 3.57. The van der Waals surface area contributed by atoms with E-state index in [-0.39, 0.29) is 0 Å². The van der Waals surface area contributed by atoms with Crippen molar-refractivity contribution in [3.63, 3.8) is 0 Å². The number of nitrogens with zero attached hydrogens (tertiary/aromatic N) is 3. The van der Waals surface area contributed by atoms with E-state index < -0.39 is 0 Å². The Balaban J connectivity index is 2.45. The Morgan fingerprint density at radius 1 is 1.36 bits per heavy atom. The molecule has 0 aliphatic rings. The fourth-order valence-electron chi connectivity index (χ4n) is 0.626. The van der Waals surface area contributed by atoms with Gasteiger partial charge in [0.1, 0.15) is 0 Å². The lowest BCUT2D eigenvalue weighted by Gasteiger charge is -1.80. The zero-order chi connectivity index (χ0) is 7.68. The predicted octanol–water partition coefficient (Wildman–Crippen LogP) is 2.27. The number of rotatable bonds is 1. The van der Waals surface area contributed by atoms with E-state index in [1.807, 2.05) is 0 Å². The van der Waals surface area contributed by atoms with E-state index in [0.29, 0.717) is 0 Å². The first-order valence-electron chi connectivity index (χ1n) is 2.74. The minimum Gasteiger partial charge on any atom is -0.252 e. The maximum atomic E-state index is 3.99. The van der Waals surface area contributed by atoms with Crippen molar-refractivity contribution in [2.24, 2.45) is 0 Å². The molecule has 2 aromatic rings. The van der Waals surface area contributed by atoms with Crippen molar-refractivity contribution in [2.75, 3.05) is 0 Å². The van der Waals surface area contributed by atoms with Gasteiger partial charge < -0.3 is 0 Å². The second kappa shape index (κ2) is 3.11. The molecule has 0 spiro atoms. The normalized spacial score (nSPS) is 10.3. The number of aromatic nitrogens is 3. The van der Waals surface area contributed by atoms with Gasteiger partial charge in [0, 0.05) is 6.20 Å². The molecule has 11 heavy (non-hydrogen) atoms. The lowest BCUT2D eigenvalue weighted by molar-refractivity contribution is 1.07. The van der Waals surface area contributed by atoms with Crippen molar-refractivity contribution in [3.8, 4) is 9.88 Å². The molecule has 0 saturated carbocycles. The van der Waals surface area contributed by atoms with Crippen LogP contribution in [0.5, 0.6) is 0 Å². The number of hydrogen-bond donors (Lipinski definition) is 0. The molecular weight excluding hydrogens is 293 g/mol. The first-order chi connectivity index (χ1) is 5.36. The first kappa shape index (κ1) is 7.56. The smallest absolute Gasteiger partial charge is 0.178 e. The average molecular weight is 295 g/mol. The van der Waals surface area contributed by atoms with Crippen LogP contribution >= 0.6 is 45.3 Å². The van der Waals surface area contributed by atoms with Gasteiger partial charge in [-0.15, -0.1) is 21.5 Å². The van der Waals surface area contributed by atoms with E-state index in [4.69, 9.17) is 0 Å². The van der Waals surface area contributed by atoms with Crippen molar-refractivity contribution in [3.05, 3.63) is 14.7 Å². The molecule has 2 heterocycles. The van der Waals surface area contributed by atoms with Gasteiger partial charge in [-0.2, -0.15) is 0 Å². The standard InChI is InChI=1S/C5H2IN3S2/c6-5-9-8-4(11-5)3-1-7-2-10-3/h1-2H. The maximum Gasteiger partial charge on any atom is 0.178 e. The summed E-state index contributed by atoms with van der Waals surface area (Å²) in [6, 6.07) is 0. The molecule has 0 saturated heterocycles. The molecule has 2 rings (SSSR count). The topological polar surface area (TPSA) is 38.7 Å². The maximum absolute atomic E-state index is 3.99. The summed E-state index contributed by atoms with van der Waals surface area (Å²) in [5.41, 5.74) is 1.80. The molecule has 0 atom stereocenters. The summed E-state index contributed by atoms with van der Waals surface area (Å²) in [6.07, 6.45) is 1.81. The fourth-order valence-corrected chi connectivity index (χ4v) is 2.60. The van der Waals surface area contributed by atoms with E-state index in [2.05, 4.69) is 37.8 Å². The molecule has 56 valence electrons. The van der Waals surface area contributed by atoms with E-state index in [0.717, 1.165) is 12.9 Å². The highest BCUT2D eigenvalue weighted by Crippen LogP contribution is 2.26. The van der Waals surface area contributed by atoms with Crippen molar-refractivity contribution in [1.82, 2.24) is 15.2 Å². The Bertz CT molecular complexity index is 342. The average Bonchev–Trinajstić information content (AvgIpc) is 2.55. The number of hydrogen-bond acceptors (Lipinski definition) is 5. The van der Waals surface area contributed by atoms with Gasteiger partial charge in [0.15, 0.2) is 8.02 Å². The van der Waals surface area contributed by atoms with Crippen LogP contribution in [0.25, 0.3) is 9.88 Å². The van der Waals surface area contributed by atoms with Crippen LogP contribution in [0.3, 0.4) is 0 Å². The summed E-state index contributed by atoms with van der Waals surface area (Å²) in [5, 5.41) is 8.85. The van der Waals surface area contributed by atoms with E-state index >= 15 is 0 Å². The lowest BCUT2D eigenvalue weighted by Crippen LogP contribution is -1.70. The van der Waals surface area contributed by atoms with E-state index in [9.17, 15) is 0 Å². The summed E-state index contributed by atoms with van der Waals surface area (Å²) in [7, 11) is 0. The SMILES string of the molecule is Ic1nnc(-c2cncs2)s1. The molecule has 3 nitrogen and oxygen atoms in total. The molecule has 0 aliphatic heterocycles. The summed E-state index contributed by atoms with van der Waals surface area (Å²) in [5.74, 6) is 0. The summed E-state index contributed by atoms with van der Waals surface area (Å²) < 4.78 is 0.964. The summed E-state index contributed by atoms with van der Waals surface area (Å²) >= 11 is 5.32. The van der Waals surface area contributed by atoms with Gasteiger partial charge in [-0.3, -0.25) is 4.98 Å². The van der Waals surface area contributed by atoms with Crippen molar-refractivity contribution in [1.29, 1.82) is 0 Å². The third kappa shape index (κ3) is 1.57.